The number of sulfonamides is 1. The van der Waals surface area contributed by atoms with Gasteiger partial charge in [-0.1, -0.05) is 54.3 Å². The van der Waals surface area contributed by atoms with Gasteiger partial charge in [0.15, 0.2) is 17.3 Å². The van der Waals surface area contributed by atoms with Crippen LogP contribution in [-0.4, -0.2) is 68.6 Å². The molecular weight excluding hydrogens is 642 g/mol. The van der Waals surface area contributed by atoms with E-state index in [0.29, 0.717) is 41.7 Å². The number of amides is 1. The number of hydrogen-bond acceptors (Lipinski definition) is 8. The van der Waals surface area contributed by atoms with Gasteiger partial charge in [0.05, 0.1) is 28.7 Å². The third-order valence-corrected chi connectivity index (χ3v) is 9.24. The van der Waals surface area contributed by atoms with Gasteiger partial charge in [-0.15, -0.1) is 10.2 Å². The highest BCUT2D eigenvalue weighted by molar-refractivity contribution is 7.92. The number of halogens is 2. The van der Waals surface area contributed by atoms with Gasteiger partial charge in [-0.3, -0.25) is 14.6 Å². The van der Waals surface area contributed by atoms with Crippen LogP contribution < -0.4 is 9.46 Å². The van der Waals surface area contributed by atoms with E-state index in [1.54, 1.807) is 23.1 Å². The van der Waals surface area contributed by atoms with Gasteiger partial charge in [0, 0.05) is 24.7 Å². The Morgan fingerprint density at radius 2 is 1.85 bits per heavy atom. The number of benzene rings is 3. The van der Waals surface area contributed by atoms with Gasteiger partial charge in [0.2, 0.25) is 11.8 Å². The number of hydrogen-bond donors (Lipinski definition) is 2. The molecule has 4 heterocycles. The van der Waals surface area contributed by atoms with Crippen LogP contribution in [-0.2, 0) is 14.8 Å². The smallest absolute Gasteiger partial charge is 0.262 e. The summed E-state index contributed by atoms with van der Waals surface area (Å²) in [6.45, 7) is 4.43. The molecule has 0 bridgehead atoms. The Hall–Kier alpha value is -5.96. The van der Waals surface area contributed by atoms with E-state index in [0.717, 1.165) is 22.4 Å². The zero-order valence-electron chi connectivity index (χ0n) is 25.0. The number of likely N-dealkylation sites (tertiary alicyclic amines) is 1. The van der Waals surface area contributed by atoms with Gasteiger partial charge in [-0.05, 0) is 47.5 Å². The molecule has 1 aliphatic heterocycles. The highest BCUT2D eigenvalue weighted by Crippen LogP contribution is 2.31. The number of H-pyrrole nitrogens is 1. The highest BCUT2D eigenvalue weighted by atomic mass is 32.2. The fourth-order valence-electron chi connectivity index (χ4n) is 5.43. The largest absolute Gasteiger partial charge is 0.471 e. The van der Waals surface area contributed by atoms with E-state index in [9.17, 15) is 13.2 Å². The van der Waals surface area contributed by atoms with Gasteiger partial charge in [0.1, 0.15) is 17.5 Å². The van der Waals surface area contributed by atoms with Crippen LogP contribution in [0.3, 0.4) is 0 Å². The second-order valence-electron chi connectivity index (χ2n) is 11.0. The Morgan fingerprint density at radius 1 is 1.04 bits per heavy atom. The number of nitrogens with one attached hydrogen (secondary N) is 2. The number of carbonyl (C=O) groups is 1. The first-order chi connectivity index (χ1) is 23.2. The quantitative estimate of drug-likeness (QED) is 0.202. The molecule has 1 amide bonds. The normalized spacial score (nSPS) is 14.7. The van der Waals surface area contributed by atoms with Gasteiger partial charge in [-0.25, -0.2) is 26.9 Å². The lowest BCUT2D eigenvalue weighted by atomic mass is 10.1. The SMILES string of the molecule is C=CC(=O)N1CCC(Oc2n[nH]c3ncc(-c4cn(-c5c(F)ccc(NS(=O)(=O)c6cccc(-c7ccccc7)c6)c5F)nn4)cc23)C1. The Labute approximate surface area is 272 Å². The van der Waals surface area contributed by atoms with Crippen LogP contribution in [0, 0.1) is 11.6 Å². The minimum atomic E-state index is -4.26. The molecule has 12 nitrogen and oxygen atoms in total. The molecule has 1 saturated heterocycles. The third-order valence-electron chi connectivity index (χ3n) is 7.87. The lowest BCUT2D eigenvalue weighted by Crippen LogP contribution is -2.29. The molecule has 3 aromatic heterocycles. The molecule has 3 aromatic carbocycles. The van der Waals surface area contributed by atoms with Crippen molar-refractivity contribution in [2.75, 3.05) is 17.8 Å². The first kappa shape index (κ1) is 30.7. The van der Waals surface area contributed by atoms with Crippen LogP contribution in [0.1, 0.15) is 6.42 Å². The fourth-order valence-corrected chi connectivity index (χ4v) is 6.54. The topological polar surface area (TPSA) is 148 Å². The Morgan fingerprint density at radius 3 is 2.67 bits per heavy atom. The van der Waals surface area contributed by atoms with Crippen LogP contribution in [0.25, 0.3) is 39.1 Å². The maximum absolute atomic E-state index is 15.8. The van der Waals surface area contributed by atoms with E-state index in [4.69, 9.17) is 4.74 Å². The standard InChI is InChI=1S/C33H26F2N8O4S/c1-2-29(44)42-14-13-23(18-42)47-33-25-16-22(17-36-32(25)38-39-33)28-19-43(41-37-28)31-26(34)11-12-27(30(31)35)40-48(45,46)24-10-6-9-21(15-24)20-7-4-3-5-8-20/h2-12,15-17,19,23,40H,1,13-14,18H2,(H,36,38,39). The van der Waals surface area contributed by atoms with Gasteiger partial charge >= 0.3 is 0 Å². The molecule has 15 heteroatoms. The summed E-state index contributed by atoms with van der Waals surface area (Å²) in [6.07, 6.45) is 4.37. The summed E-state index contributed by atoms with van der Waals surface area (Å²) in [5.74, 6) is -2.08. The van der Waals surface area contributed by atoms with E-state index in [1.165, 1.54) is 30.6 Å². The molecule has 6 aromatic rings. The van der Waals surface area contributed by atoms with Gasteiger partial charge < -0.3 is 9.64 Å². The number of pyridine rings is 1. The first-order valence-corrected chi connectivity index (χ1v) is 16.2. The molecular formula is C33H26F2N8O4S. The maximum atomic E-state index is 15.8. The van der Waals surface area contributed by atoms with Crippen LogP contribution in [0.2, 0.25) is 0 Å². The van der Waals surface area contributed by atoms with Gasteiger partial charge in [-0.2, -0.15) is 0 Å². The van der Waals surface area contributed by atoms with Crippen molar-refractivity contribution in [2.45, 2.75) is 17.4 Å². The third kappa shape index (κ3) is 5.86. The van der Waals surface area contributed by atoms with E-state index in [1.807, 2.05) is 30.3 Å². The average Bonchev–Trinajstić information content (AvgIpc) is 3.87. The predicted octanol–water partition coefficient (Wildman–Crippen LogP) is 5.12. The van der Waals surface area contributed by atoms with Crippen LogP contribution in [0.15, 0.2) is 103 Å². The van der Waals surface area contributed by atoms with Crippen molar-refractivity contribution in [1.29, 1.82) is 0 Å². The number of ether oxygens (including phenoxy) is 1. The molecule has 1 atom stereocenters. The Bertz CT molecular complexity index is 2290. The summed E-state index contributed by atoms with van der Waals surface area (Å²) in [4.78, 5) is 17.8. The number of aromatic nitrogens is 6. The molecule has 0 radical (unpaired) electrons. The predicted molar refractivity (Wildman–Crippen MR) is 173 cm³/mol. The van der Waals surface area contributed by atoms with E-state index < -0.39 is 33.0 Å². The number of nitrogens with zero attached hydrogens (tertiary/aromatic N) is 6. The van der Waals surface area contributed by atoms with Crippen molar-refractivity contribution >= 4 is 32.7 Å². The number of aromatic amines is 1. The van der Waals surface area contributed by atoms with Crippen LogP contribution >= 0.6 is 0 Å². The highest BCUT2D eigenvalue weighted by Gasteiger charge is 2.28. The van der Waals surface area contributed by atoms with E-state index >= 15 is 8.78 Å². The molecule has 242 valence electrons. The molecule has 1 fully saturated rings. The summed E-state index contributed by atoms with van der Waals surface area (Å²) in [6, 6.07) is 19.0. The first-order valence-electron chi connectivity index (χ1n) is 14.7. The zero-order valence-corrected chi connectivity index (χ0v) is 25.9. The number of carbonyl (C=O) groups excluding carboxylic acids is 1. The Kier molecular flexibility index (Phi) is 7.88. The summed E-state index contributed by atoms with van der Waals surface area (Å²) in [5.41, 5.74) is 1.46. The monoisotopic (exact) mass is 668 g/mol. The minimum Gasteiger partial charge on any atom is -0.471 e. The lowest BCUT2D eigenvalue weighted by Gasteiger charge is -2.14. The average molecular weight is 669 g/mol. The van der Waals surface area contributed by atoms with Crippen molar-refractivity contribution in [1.82, 2.24) is 35.1 Å². The van der Waals surface area contributed by atoms with Gasteiger partial charge in [0.25, 0.3) is 10.0 Å². The van der Waals surface area contributed by atoms with Crippen molar-refractivity contribution in [3.05, 3.63) is 109 Å². The summed E-state index contributed by atoms with van der Waals surface area (Å²) < 4.78 is 66.6. The Balaban J connectivity index is 1.14. The maximum Gasteiger partial charge on any atom is 0.262 e. The van der Waals surface area contributed by atoms with Crippen molar-refractivity contribution in [3.63, 3.8) is 0 Å². The van der Waals surface area contributed by atoms with Crippen molar-refractivity contribution in [2.24, 2.45) is 0 Å². The molecule has 1 aliphatic rings. The lowest BCUT2D eigenvalue weighted by molar-refractivity contribution is -0.125. The summed E-state index contributed by atoms with van der Waals surface area (Å²) >= 11 is 0. The summed E-state index contributed by atoms with van der Waals surface area (Å²) in [5, 5.41) is 15.5. The zero-order chi connectivity index (χ0) is 33.4. The molecule has 0 saturated carbocycles. The molecule has 0 aliphatic carbocycles. The second kappa shape index (κ2) is 12.3. The van der Waals surface area contributed by atoms with E-state index in [2.05, 4.69) is 36.8 Å². The molecule has 1 unspecified atom stereocenters. The van der Waals surface area contributed by atoms with Crippen LogP contribution in [0.4, 0.5) is 14.5 Å². The fraction of sp³-hybridized carbons (Fsp3) is 0.121. The van der Waals surface area contributed by atoms with Crippen LogP contribution in [0.5, 0.6) is 5.88 Å². The van der Waals surface area contributed by atoms with Crippen molar-refractivity contribution in [3.8, 4) is 34.0 Å². The number of rotatable bonds is 9. The summed E-state index contributed by atoms with van der Waals surface area (Å²) in [7, 11) is -4.26. The van der Waals surface area contributed by atoms with E-state index in [-0.39, 0.29) is 28.5 Å². The van der Waals surface area contributed by atoms with Crippen molar-refractivity contribution < 1.29 is 26.7 Å². The molecule has 48 heavy (non-hydrogen) atoms. The molecule has 0 spiro atoms. The second-order valence-corrected chi connectivity index (χ2v) is 12.7. The minimum absolute atomic E-state index is 0.0989. The molecule has 7 rings (SSSR count). The number of anilines is 1. The molecule has 2 N–H and O–H groups in total. The number of fused-ring (bicyclic) bond motifs is 1.